The Morgan fingerprint density at radius 1 is 0.893 bits per heavy atom. The molecule has 28 heavy (non-hydrogen) atoms. The Kier molecular flexibility index (Phi) is 7.89. The number of benzene rings is 1. The molecule has 0 N–H and O–H groups in total. The Morgan fingerprint density at radius 3 is 1.68 bits per heavy atom. The van der Waals surface area contributed by atoms with Crippen LogP contribution in [0.3, 0.4) is 0 Å². The van der Waals surface area contributed by atoms with Crippen LogP contribution in [0.5, 0.6) is 0 Å². The van der Waals surface area contributed by atoms with Crippen LogP contribution in [0.4, 0.5) is 0 Å². The molecule has 0 aliphatic carbocycles. The summed E-state index contributed by atoms with van der Waals surface area (Å²) in [5.74, 6) is -0.303. The van der Waals surface area contributed by atoms with Crippen LogP contribution >= 0.6 is 0 Å². The molecular formula is C22H40O2Si4. The van der Waals surface area contributed by atoms with E-state index in [-0.39, 0.29) is 5.97 Å². The first kappa shape index (κ1) is 25.1. The van der Waals surface area contributed by atoms with Crippen molar-refractivity contribution < 1.29 is 9.53 Å². The Morgan fingerprint density at radius 2 is 1.32 bits per heavy atom. The monoisotopic (exact) mass is 448 g/mol. The summed E-state index contributed by atoms with van der Waals surface area (Å²) < 4.78 is 4.95. The predicted molar refractivity (Wildman–Crippen MR) is 136 cm³/mol. The van der Waals surface area contributed by atoms with Gasteiger partial charge in [-0.25, -0.2) is 4.79 Å². The van der Waals surface area contributed by atoms with E-state index in [1.165, 1.54) is 18.2 Å². The summed E-state index contributed by atoms with van der Waals surface area (Å²) in [6, 6.07) is 10.6. The van der Waals surface area contributed by atoms with Gasteiger partial charge in [-0.15, -0.1) is 0 Å². The molecular weight excluding hydrogens is 409 g/mol. The molecule has 0 atom stereocenters. The molecule has 0 saturated carbocycles. The lowest BCUT2D eigenvalue weighted by atomic mass is 10.0. The summed E-state index contributed by atoms with van der Waals surface area (Å²) in [5, 5.41) is 0. The standard InChI is InChI=1S/C22H40O2Si4/c1-19(22(23)24-2)17-21(20-15-13-12-14-16-20)18-28(25(3,4)5,26(6,7)8)27(9,10)11/h12-16,18H,1,17H2,2-11H3/b21-18-. The van der Waals surface area contributed by atoms with Crippen molar-refractivity contribution in [3.8, 4) is 0 Å². The average Bonchev–Trinajstić information content (AvgIpc) is 2.54. The van der Waals surface area contributed by atoms with E-state index in [0.717, 1.165) is 0 Å². The Bertz CT molecular complexity index is 696. The van der Waals surface area contributed by atoms with Gasteiger partial charge in [-0.2, -0.15) is 0 Å². The lowest BCUT2D eigenvalue weighted by Crippen LogP contribution is -2.82. The summed E-state index contributed by atoms with van der Waals surface area (Å²) in [6.45, 7) is 25.6. The second kappa shape index (κ2) is 8.81. The molecule has 0 spiro atoms. The topological polar surface area (TPSA) is 26.3 Å². The first-order valence-electron chi connectivity index (χ1n) is 10.1. The van der Waals surface area contributed by atoms with E-state index < -0.39 is 29.4 Å². The number of allylic oxidation sites excluding steroid dienone is 1. The van der Waals surface area contributed by atoms with Crippen molar-refractivity contribution in [2.75, 3.05) is 7.11 Å². The van der Waals surface area contributed by atoms with Crippen molar-refractivity contribution >= 4 is 40.9 Å². The van der Waals surface area contributed by atoms with Gasteiger partial charge in [0.05, 0.1) is 13.7 Å². The minimum Gasteiger partial charge on any atom is -0.466 e. The number of ether oxygens (including phenoxy) is 1. The molecule has 2 nitrogen and oxygen atoms in total. The third kappa shape index (κ3) is 5.14. The molecule has 1 aromatic rings. The van der Waals surface area contributed by atoms with Crippen LogP contribution in [0.15, 0.2) is 48.2 Å². The number of methoxy groups -OCH3 is 1. The molecule has 0 aliphatic rings. The molecule has 0 bridgehead atoms. The molecule has 6 heteroatoms. The summed E-state index contributed by atoms with van der Waals surface area (Å²) in [6.07, 6.45) is 0.574. The quantitative estimate of drug-likeness (QED) is 0.260. The third-order valence-electron chi connectivity index (χ3n) is 5.96. The molecule has 0 saturated heterocycles. The number of hydrogen-bond acceptors (Lipinski definition) is 2. The Balaban J connectivity index is 3.83. The molecule has 1 rings (SSSR count). The molecule has 1 aromatic carbocycles. The maximum absolute atomic E-state index is 12.1. The van der Waals surface area contributed by atoms with Gasteiger partial charge in [0.25, 0.3) is 0 Å². The van der Waals surface area contributed by atoms with Gasteiger partial charge in [0.15, 0.2) is 0 Å². The van der Waals surface area contributed by atoms with Crippen molar-refractivity contribution in [3.63, 3.8) is 0 Å². The first-order valence-corrected chi connectivity index (χ1v) is 25.7. The van der Waals surface area contributed by atoms with Gasteiger partial charge in [-0.3, -0.25) is 0 Å². The van der Waals surface area contributed by atoms with Crippen molar-refractivity contribution in [2.45, 2.75) is 65.3 Å². The minimum absolute atomic E-state index is 0.303. The smallest absolute Gasteiger partial charge is 0.333 e. The Hall–Kier alpha value is -0.962. The van der Waals surface area contributed by atoms with Gasteiger partial charge >= 0.3 is 5.97 Å². The molecule has 0 aromatic heterocycles. The fraction of sp³-hybridized carbons (Fsp3) is 0.500. The van der Waals surface area contributed by atoms with Gasteiger partial charge < -0.3 is 4.74 Å². The van der Waals surface area contributed by atoms with Crippen molar-refractivity contribution in [1.29, 1.82) is 0 Å². The van der Waals surface area contributed by atoms with Gasteiger partial charge in [0.2, 0.25) is 0 Å². The van der Waals surface area contributed by atoms with E-state index in [1.54, 1.807) is 0 Å². The van der Waals surface area contributed by atoms with Crippen LogP contribution in [-0.4, -0.2) is 42.5 Å². The second-order valence-corrected chi connectivity index (χ2v) is 51.4. The van der Waals surface area contributed by atoms with Crippen LogP contribution in [0, 0.1) is 0 Å². The predicted octanol–water partition coefficient (Wildman–Crippen LogP) is 6.43. The van der Waals surface area contributed by atoms with E-state index in [4.69, 9.17) is 4.74 Å². The Labute approximate surface area is 176 Å². The zero-order valence-corrected chi connectivity index (χ0v) is 23.7. The highest BCUT2D eigenvalue weighted by Gasteiger charge is 2.60. The van der Waals surface area contributed by atoms with E-state index in [2.05, 4.69) is 102 Å². The number of carbonyl (C=O) groups is 1. The number of hydrogen-bond donors (Lipinski definition) is 0. The summed E-state index contributed by atoms with van der Waals surface area (Å²) in [7, 11) is -2.91. The zero-order valence-electron chi connectivity index (χ0n) is 19.7. The van der Waals surface area contributed by atoms with Crippen LogP contribution < -0.4 is 0 Å². The van der Waals surface area contributed by atoms with E-state index in [0.29, 0.717) is 12.0 Å². The van der Waals surface area contributed by atoms with E-state index >= 15 is 0 Å². The number of carbonyl (C=O) groups excluding carboxylic acids is 1. The normalized spacial score (nSPS) is 14.0. The molecule has 0 radical (unpaired) electrons. The van der Waals surface area contributed by atoms with Crippen molar-refractivity contribution in [3.05, 3.63) is 53.7 Å². The first-order chi connectivity index (χ1) is 12.6. The highest BCUT2D eigenvalue weighted by molar-refractivity contribution is 7.91. The third-order valence-corrected chi connectivity index (χ3v) is 76.9. The maximum Gasteiger partial charge on any atom is 0.333 e. The fourth-order valence-corrected chi connectivity index (χ4v) is 101. The SMILES string of the molecule is C=C(C/C(=C/[Si]([Si](C)(C)C)([Si](C)(C)C)[Si](C)(C)C)c1ccccc1)C(=O)OC. The van der Waals surface area contributed by atoms with Crippen molar-refractivity contribution in [2.24, 2.45) is 0 Å². The minimum atomic E-state index is -1.70. The molecule has 156 valence electrons. The number of esters is 1. The molecule has 0 heterocycles. The van der Waals surface area contributed by atoms with Crippen LogP contribution in [0.25, 0.3) is 5.57 Å². The fourth-order valence-electron chi connectivity index (χ4n) is 5.62. The number of rotatable bonds is 8. The summed E-state index contributed by atoms with van der Waals surface area (Å²) in [5.41, 5.74) is 5.80. The van der Waals surface area contributed by atoms with Crippen LogP contribution in [0.1, 0.15) is 12.0 Å². The van der Waals surface area contributed by atoms with Crippen LogP contribution in [-0.2, 0) is 9.53 Å². The summed E-state index contributed by atoms with van der Waals surface area (Å²) >= 11 is 0. The molecule has 0 unspecified atom stereocenters. The van der Waals surface area contributed by atoms with Crippen molar-refractivity contribution in [1.82, 2.24) is 0 Å². The zero-order chi connectivity index (χ0) is 22.0. The van der Waals surface area contributed by atoms with Gasteiger partial charge in [0, 0.05) is 34.8 Å². The van der Waals surface area contributed by atoms with Gasteiger partial charge in [-0.05, 0) is 11.1 Å². The largest absolute Gasteiger partial charge is 0.466 e. The van der Waals surface area contributed by atoms with Gasteiger partial charge in [0.1, 0.15) is 0 Å². The van der Waals surface area contributed by atoms with Gasteiger partial charge in [-0.1, -0.05) is 102 Å². The average molecular weight is 449 g/mol. The maximum atomic E-state index is 12.1. The molecule has 0 amide bonds. The lowest BCUT2D eigenvalue weighted by Gasteiger charge is -2.56. The highest BCUT2D eigenvalue weighted by atomic mass is 29.9. The molecule has 0 fully saturated rings. The van der Waals surface area contributed by atoms with Crippen LogP contribution in [0.2, 0.25) is 58.9 Å². The van der Waals surface area contributed by atoms with E-state index in [9.17, 15) is 4.79 Å². The highest BCUT2D eigenvalue weighted by Crippen LogP contribution is 2.40. The second-order valence-electron chi connectivity index (χ2n) is 10.9. The van der Waals surface area contributed by atoms with E-state index in [1.807, 2.05) is 0 Å². The lowest BCUT2D eigenvalue weighted by molar-refractivity contribution is -0.136. The molecule has 0 aliphatic heterocycles. The summed E-state index contributed by atoms with van der Waals surface area (Å²) in [4.78, 5) is 12.1.